The number of carbonyl (C=O) groups excluding carboxylic acids is 2. The molecule has 0 aromatic heterocycles. The number of aliphatic hydroxyl groups excluding tert-OH is 2. The zero-order valence-corrected chi connectivity index (χ0v) is 18.9. The van der Waals surface area contributed by atoms with E-state index in [-0.39, 0.29) is 53.1 Å². The lowest BCUT2D eigenvalue weighted by molar-refractivity contribution is -0.152. The number of ketones is 1. The van der Waals surface area contributed by atoms with Crippen LogP contribution in [0, 0.1) is 11.8 Å². The van der Waals surface area contributed by atoms with Crippen LogP contribution in [0.4, 0.5) is 5.69 Å². The first-order chi connectivity index (χ1) is 15.1. The first kappa shape index (κ1) is 22.2. The van der Waals surface area contributed by atoms with Crippen LogP contribution in [0.25, 0.3) is 5.76 Å². The molecule has 0 bridgehead atoms. The highest BCUT2D eigenvalue weighted by Crippen LogP contribution is 2.54. The number of aromatic hydroxyl groups is 1. The van der Waals surface area contributed by atoms with Crippen LogP contribution in [-0.4, -0.2) is 53.8 Å². The number of rotatable bonds is 4. The summed E-state index contributed by atoms with van der Waals surface area (Å²) in [4.78, 5) is 27.6. The number of methoxy groups -OCH3 is 1. The molecule has 0 spiro atoms. The summed E-state index contributed by atoms with van der Waals surface area (Å²) < 4.78 is 5.73. The summed E-state index contributed by atoms with van der Waals surface area (Å²) in [7, 11) is 5.21. The number of hydrogen-bond acceptors (Lipinski definition) is 7. The first-order valence-corrected chi connectivity index (χ1v) is 10.9. The van der Waals surface area contributed by atoms with Gasteiger partial charge in [-0.25, -0.2) is 0 Å². The van der Waals surface area contributed by atoms with Gasteiger partial charge in [0, 0.05) is 51.2 Å². The van der Waals surface area contributed by atoms with Gasteiger partial charge in [0.25, 0.3) is 0 Å². The largest absolute Gasteiger partial charge is 0.512 e. The van der Waals surface area contributed by atoms with Gasteiger partial charge in [-0.1, -0.05) is 6.92 Å². The summed E-state index contributed by atoms with van der Waals surface area (Å²) in [5.41, 5.74) is 6.90. The van der Waals surface area contributed by atoms with Crippen LogP contribution in [0.1, 0.15) is 42.9 Å². The number of fused-ring (bicyclic) bond motifs is 3. The van der Waals surface area contributed by atoms with Crippen LogP contribution in [0.5, 0.6) is 5.75 Å². The highest BCUT2D eigenvalue weighted by Gasteiger charge is 2.58. The molecule has 0 heterocycles. The molecule has 1 saturated carbocycles. The maximum Gasteiger partial charge on any atom is 0.248 e. The van der Waals surface area contributed by atoms with Crippen molar-refractivity contribution in [3.05, 3.63) is 39.7 Å². The summed E-state index contributed by atoms with van der Waals surface area (Å²) >= 11 is 0. The lowest BCUT2D eigenvalue weighted by atomic mass is 9.59. The molecule has 0 saturated heterocycles. The molecule has 3 atom stereocenters. The molecule has 1 aromatic rings. The average Bonchev–Trinajstić information content (AvgIpc) is 2.73. The molecule has 0 radical (unpaired) electrons. The number of nitrogens with zero attached hydrogens (tertiary/aromatic N) is 1. The van der Waals surface area contributed by atoms with E-state index < -0.39 is 17.3 Å². The minimum absolute atomic E-state index is 0.0165. The third-order valence-electron chi connectivity index (χ3n) is 7.42. The predicted molar refractivity (Wildman–Crippen MR) is 119 cm³/mol. The summed E-state index contributed by atoms with van der Waals surface area (Å²) in [6.45, 7) is 1.92. The lowest BCUT2D eigenvalue weighted by Crippen LogP contribution is -2.57. The molecular formula is C24H30N2O6. The van der Waals surface area contributed by atoms with E-state index in [1.165, 1.54) is 7.11 Å². The summed E-state index contributed by atoms with van der Waals surface area (Å²) in [6, 6.07) is 1.92. The fourth-order valence-electron chi connectivity index (χ4n) is 5.75. The minimum Gasteiger partial charge on any atom is -0.512 e. The van der Waals surface area contributed by atoms with Gasteiger partial charge in [0.1, 0.15) is 22.9 Å². The topological polar surface area (TPSA) is 133 Å². The maximum absolute atomic E-state index is 13.8. The van der Waals surface area contributed by atoms with Crippen molar-refractivity contribution in [2.75, 3.05) is 26.1 Å². The molecule has 8 heteroatoms. The number of allylic oxidation sites excluding steroid dienone is 1. The number of Topliss-reactive ketones (excluding diaryl/α,β-unsaturated/α-hetero) is 1. The number of ether oxygens (including phenoxy) is 1. The predicted octanol–water partition coefficient (Wildman–Crippen LogP) is 2.53. The second-order valence-corrected chi connectivity index (χ2v) is 9.19. The highest BCUT2D eigenvalue weighted by molar-refractivity contribution is 6.10. The van der Waals surface area contributed by atoms with Gasteiger partial charge in [0.2, 0.25) is 5.91 Å². The molecule has 4 rings (SSSR count). The second-order valence-electron chi connectivity index (χ2n) is 9.19. The zero-order valence-electron chi connectivity index (χ0n) is 18.9. The fraction of sp³-hybridized carbons (Fsp3) is 0.500. The molecule has 0 unspecified atom stereocenters. The number of primary amides is 1. The van der Waals surface area contributed by atoms with Gasteiger partial charge in [-0.2, -0.15) is 0 Å². The third-order valence-corrected chi connectivity index (χ3v) is 7.42. The van der Waals surface area contributed by atoms with Crippen molar-refractivity contribution in [2.45, 2.75) is 44.6 Å². The van der Waals surface area contributed by atoms with Gasteiger partial charge in [0.15, 0.2) is 5.78 Å². The zero-order chi connectivity index (χ0) is 23.5. The van der Waals surface area contributed by atoms with E-state index >= 15 is 0 Å². The molecule has 8 nitrogen and oxygen atoms in total. The van der Waals surface area contributed by atoms with Gasteiger partial charge in [-0.15, -0.1) is 0 Å². The number of aliphatic hydroxyl groups is 2. The number of benzene rings is 1. The number of carbonyl (C=O) groups is 2. The average molecular weight is 443 g/mol. The van der Waals surface area contributed by atoms with E-state index in [1.54, 1.807) is 0 Å². The number of amides is 1. The minimum atomic E-state index is -1.39. The maximum atomic E-state index is 13.8. The van der Waals surface area contributed by atoms with Gasteiger partial charge in [0.05, 0.1) is 11.1 Å². The summed E-state index contributed by atoms with van der Waals surface area (Å²) in [6.07, 6.45) is 1.48. The van der Waals surface area contributed by atoms with Crippen molar-refractivity contribution in [1.29, 1.82) is 0 Å². The Morgan fingerprint density at radius 2 is 1.97 bits per heavy atom. The van der Waals surface area contributed by atoms with Gasteiger partial charge < -0.3 is 30.7 Å². The van der Waals surface area contributed by atoms with Crippen LogP contribution in [0.2, 0.25) is 0 Å². The Hall–Kier alpha value is -3.00. The molecular weight excluding hydrogens is 412 g/mol. The van der Waals surface area contributed by atoms with Gasteiger partial charge in [-0.3, -0.25) is 9.59 Å². The summed E-state index contributed by atoms with van der Waals surface area (Å²) in [5.74, 6) is -2.21. The van der Waals surface area contributed by atoms with Crippen molar-refractivity contribution in [2.24, 2.45) is 17.6 Å². The standard InChI is InChI=1S/C24H30N2O6/c1-5-11-8-16(26(2)3)14-7-12-6-13-9-17(27)15(23(25)31)10-24(13,32-4)22(30)18(12)21(29)19(14)20(11)28/h8,12-13,27-29H,5-7,9-10H2,1-4H3,(H2,25,31)/t12-,13+,24+/m1/s1. The van der Waals surface area contributed by atoms with E-state index in [2.05, 4.69) is 0 Å². The van der Waals surface area contributed by atoms with E-state index in [9.17, 15) is 24.9 Å². The smallest absolute Gasteiger partial charge is 0.248 e. The number of nitrogens with two attached hydrogens (primary N) is 1. The van der Waals surface area contributed by atoms with Gasteiger partial charge >= 0.3 is 0 Å². The van der Waals surface area contributed by atoms with E-state index in [1.807, 2.05) is 32.0 Å². The first-order valence-electron chi connectivity index (χ1n) is 10.9. The van der Waals surface area contributed by atoms with Crippen LogP contribution in [0.3, 0.4) is 0 Å². The molecule has 5 N–H and O–H groups in total. The molecule has 1 fully saturated rings. The van der Waals surface area contributed by atoms with Crippen molar-refractivity contribution in [3.8, 4) is 5.75 Å². The Bertz CT molecular complexity index is 1090. The Balaban J connectivity index is 1.92. The van der Waals surface area contributed by atoms with E-state index in [0.717, 1.165) is 11.3 Å². The third kappa shape index (κ3) is 2.92. The van der Waals surface area contributed by atoms with Crippen LogP contribution < -0.4 is 10.6 Å². The van der Waals surface area contributed by atoms with Crippen LogP contribution in [-0.2, 0) is 27.2 Å². The normalized spacial score (nSPS) is 27.1. The second kappa shape index (κ2) is 7.55. The Labute approximate surface area is 187 Å². The number of phenols is 1. The fourth-order valence-corrected chi connectivity index (χ4v) is 5.75. The molecule has 172 valence electrons. The van der Waals surface area contributed by atoms with Crippen molar-refractivity contribution in [3.63, 3.8) is 0 Å². The molecule has 3 aliphatic carbocycles. The SMILES string of the molecule is CCc1cc(N(C)C)c2c(c1O)C(O)=C1C(=O)[C@]3(OC)CC(C(N)=O)=C(O)C[C@@H]3C[C@@H]1C2. The quantitative estimate of drug-likeness (QED) is 0.563. The Kier molecular flexibility index (Phi) is 5.24. The van der Waals surface area contributed by atoms with Crippen molar-refractivity contribution < 1.29 is 29.6 Å². The number of phenolic OH excluding ortho intramolecular Hbond substituents is 1. The molecule has 3 aliphatic rings. The number of anilines is 1. The highest BCUT2D eigenvalue weighted by atomic mass is 16.5. The Morgan fingerprint density at radius 3 is 2.53 bits per heavy atom. The Morgan fingerprint density at radius 1 is 1.28 bits per heavy atom. The van der Waals surface area contributed by atoms with Crippen molar-refractivity contribution in [1.82, 2.24) is 0 Å². The van der Waals surface area contributed by atoms with Gasteiger partial charge in [-0.05, 0) is 42.4 Å². The van der Waals surface area contributed by atoms with E-state index in [4.69, 9.17) is 10.5 Å². The van der Waals surface area contributed by atoms with Crippen molar-refractivity contribution >= 4 is 23.1 Å². The molecule has 1 amide bonds. The van der Waals surface area contributed by atoms with Crippen LogP contribution in [0.15, 0.2) is 23.0 Å². The summed E-state index contributed by atoms with van der Waals surface area (Å²) in [5, 5.41) is 32.7. The lowest BCUT2D eigenvalue weighted by Gasteiger charge is -2.49. The molecule has 32 heavy (non-hydrogen) atoms. The van der Waals surface area contributed by atoms with E-state index in [0.29, 0.717) is 30.4 Å². The monoisotopic (exact) mass is 442 g/mol. The molecule has 1 aromatic carbocycles. The number of aryl methyl sites for hydroxylation is 1. The molecule has 0 aliphatic heterocycles. The van der Waals surface area contributed by atoms with Crippen LogP contribution >= 0.6 is 0 Å². The number of hydrogen-bond donors (Lipinski definition) is 4.